The largest absolute Gasteiger partial charge is 0.340 e. The van der Waals surface area contributed by atoms with Crippen molar-refractivity contribution in [3.8, 4) is 0 Å². The van der Waals surface area contributed by atoms with Gasteiger partial charge in [-0.3, -0.25) is 0 Å². The second kappa shape index (κ2) is 6.24. The fraction of sp³-hybridized carbons (Fsp3) is 0.158. The van der Waals surface area contributed by atoms with Gasteiger partial charge in [-0.25, -0.2) is 4.98 Å². The Labute approximate surface area is 149 Å². The molecule has 0 unspecified atom stereocenters. The molecule has 2 heterocycles. The van der Waals surface area contributed by atoms with E-state index in [0.717, 1.165) is 40.5 Å². The summed E-state index contributed by atoms with van der Waals surface area (Å²) in [7, 11) is 0. The zero-order valence-corrected chi connectivity index (χ0v) is 14.9. The minimum Gasteiger partial charge on any atom is -0.340 e. The van der Waals surface area contributed by atoms with Crippen molar-refractivity contribution in [3.05, 3.63) is 70.3 Å². The molecule has 0 aliphatic carbocycles. The van der Waals surface area contributed by atoms with E-state index in [4.69, 9.17) is 4.98 Å². The molecule has 1 aliphatic heterocycles. The van der Waals surface area contributed by atoms with Crippen LogP contribution in [0.5, 0.6) is 0 Å². The number of hydrogen-bond acceptors (Lipinski definition) is 4. The maximum absolute atomic E-state index is 4.70. The third-order valence-corrected chi connectivity index (χ3v) is 4.72. The normalized spacial score (nSPS) is 13.0. The highest BCUT2D eigenvalue weighted by atomic mass is 79.9. The summed E-state index contributed by atoms with van der Waals surface area (Å²) in [5.41, 5.74) is 4.76. The van der Waals surface area contributed by atoms with Gasteiger partial charge in [0, 0.05) is 28.6 Å². The molecule has 1 N–H and O–H groups in total. The van der Waals surface area contributed by atoms with E-state index in [-0.39, 0.29) is 0 Å². The summed E-state index contributed by atoms with van der Waals surface area (Å²) in [5, 5.41) is 3.39. The van der Waals surface area contributed by atoms with Crippen molar-refractivity contribution in [1.29, 1.82) is 0 Å². The minimum absolute atomic E-state index is 0.736. The lowest BCUT2D eigenvalue weighted by atomic mass is 10.2. The van der Waals surface area contributed by atoms with Crippen molar-refractivity contribution < 1.29 is 0 Å². The van der Waals surface area contributed by atoms with Crippen LogP contribution in [0.4, 0.5) is 23.1 Å². The fourth-order valence-corrected chi connectivity index (χ4v) is 3.47. The van der Waals surface area contributed by atoms with Crippen LogP contribution in [0.1, 0.15) is 11.1 Å². The lowest BCUT2D eigenvalue weighted by Gasteiger charge is -2.18. The van der Waals surface area contributed by atoms with Gasteiger partial charge < -0.3 is 10.2 Å². The van der Waals surface area contributed by atoms with Gasteiger partial charge >= 0.3 is 0 Å². The third-order valence-electron chi connectivity index (χ3n) is 4.22. The van der Waals surface area contributed by atoms with E-state index in [9.17, 15) is 0 Å². The predicted octanol–water partition coefficient (Wildman–Crippen LogP) is 4.99. The Morgan fingerprint density at radius 2 is 2.00 bits per heavy atom. The van der Waals surface area contributed by atoms with Crippen LogP contribution in [0, 0.1) is 6.92 Å². The maximum atomic E-state index is 4.70. The molecule has 4 rings (SSSR count). The average Bonchev–Trinajstić information content (AvgIpc) is 3.02. The number of fused-ring (bicyclic) bond motifs is 1. The average molecular weight is 381 g/mol. The van der Waals surface area contributed by atoms with Crippen LogP contribution >= 0.6 is 15.9 Å². The third kappa shape index (κ3) is 2.87. The van der Waals surface area contributed by atoms with E-state index < -0.39 is 0 Å². The first-order valence-electron chi connectivity index (χ1n) is 7.92. The van der Waals surface area contributed by atoms with Crippen molar-refractivity contribution in [1.82, 2.24) is 9.97 Å². The minimum atomic E-state index is 0.736. The van der Waals surface area contributed by atoms with E-state index in [2.05, 4.69) is 68.4 Å². The summed E-state index contributed by atoms with van der Waals surface area (Å²) < 4.78 is 1.07. The van der Waals surface area contributed by atoms with E-state index in [1.165, 1.54) is 11.3 Å². The molecule has 3 aromatic rings. The van der Waals surface area contributed by atoms with Crippen LogP contribution in [0.2, 0.25) is 0 Å². The molecule has 0 radical (unpaired) electrons. The van der Waals surface area contributed by atoms with Gasteiger partial charge in [0.15, 0.2) is 0 Å². The summed E-state index contributed by atoms with van der Waals surface area (Å²) in [5.74, 6) is 1.54. The van der Waals surface area contributed by atoms with Gasteiger partial charge in [-0.1, -0.05) is 34.1 Å². The molecule has 0 saturated heterocycles. The Morgan fingerprint density at radius 1 is 1.12 bits per heavy atom. The standard InChI is InChI=1S/C19H17BrN4/c1-13-12-15(20)6-7-16(13)22-18-8-10-21-19(23-18)24-11-9-14-4-2-3-5-17(14)24/h2-8,10,12H,9,11H2,1H3,(H,21,22,23). The molecule has 0 atom stereocenters. The maximum Gasteiger partial charge on any atom is 0.231 e. The predicted molar refractivity (Wildman–Crippen MR) is 101 cm³/mol. The molecule has 4 nitrogen and oxygen atoms in total. The molecule has 2 aromatic carbocycles. The number of anilines is 4. The SMILES string of the molecule is Cc1cc(Br)ccc1Nc1ccnc(N2CCc3ccccc32)n1. The van der Waals surface area contributed by atoms with Gasteiger partial charge in [-0.15, -0.1) is 0 Å². The molecule has 0 saturated carbocycles. The Balaban J connectivity index is 1.63. The summed E-state index contributed by atoms with van der Waals surface area (Å²) >= 11 is 3.49. The summed E-state index contributed by atoms with van der Waals surface area (Å²) in [4.78, 5) is 11.3. The molecular weight excluding hydrogens is 364 g/mol. The summed E-state index contributed by atoms with van der Waals surface area (Å²) in [6.45, 7) is 2.99. The Morgan fingerprint density at radius 3 is 2.88 bits per heavy atom. The van der Waals surface area contributed by atoms with Gasteiger partial charge in [0.05, 0.1) is 0 Å². The second-order valence-electron chi connectivity index (χ2n) is 5.86. The van der Waals surface area contributed by atoms with Crippen molar-refractivity contribution in [2.75, 3.05) is 16.8 Å². The molecule has 24 heavy (non-hydrogen) atoms. The molecule has 0 spiro atoms. The smallest absolute Gasteiger partial charge is 0.231 e. The number of hydrogen-bond donors (Lipinski definition) is 1. The lowest BCUT2D eigenvalue weighted by Crippen LogP contribution is -2.16. The molecule has 1 aliphatic rings. The first-order chi connectivity index (χ1) is 11.7. The topological polar surface area (TPSA) is 41.1 Å². The summed E-state index contributed by atoms with van der Waals surface area (Å²) in [6, 6.07) is 16.5. The number of nitrogens with one attached hydrogen (secondary N) is 1. The van der Waals surface area contributed by atoms with E-state index in [1.54, 1.807) is 6.20 Å². The molecule has 1 aromatic heterocycles. The Bertz CT molecular complexity index is 894. The van der Waals surface area contributed by atoms with Gasteiger partial charge in [0.1, 0.15) is 5.82 Å². The second-order valence-corrected chi connectivity index (χ2v) is 6.77. The zero-order chi connectivity index (χ0) is 16.5. The Hall–Kier alpha value is -2.40. The van der Waals surface area contributed by atoms with Gasteiger partial charge in [0.2, 0.25) is 5.95 Å². The first-order valence-corrected chi connectivity index (χ1v) is 8.72. The Kier molecular flexibility index (Phi) is 3.94. The zero-order valence-electron chi connectivity index (χ0n) is 13.3. The van der Waals surface area contributed by atoms with E-state index in [1.807, 2.05) is 18.2 Å². The number of halogens is 1. The fourth-order valence-electron chi connectivity index (χ4n) is 3.00. The van der Waals surface area contributed by atoms with Gasteiger partial charge in [0.25, 0.3) is 0 Å². The van der Waals surface area contributed by atoms with Crippen molar-refractivity contribution >= 4 is 39.1 Å². The first kappa shape index (κ1) is 15.1. The number of rotatable bonds is 3. The number of benzene rings is 2. The van der Waals surface area contributed by atoms with Crippen LogP contribution in [-0.2, 0) is 6.42 Å². The number of para-hydroxylation sites is 1. The number of aromatic nitrogens is 2. The number of aryl methyl sites for hydroxylation is 1. The highest BCUT2D eigenvalue weighted by Crippen LogP contribution is 2.32. The monoisotopic (exact) mass is 380 g/mol. The molecule has 0 fully saturated rings. The molecule has 120 valence electrons. The van der Waals surface area contributed by atoms with Gasteiger partial charge in [-0.2, -0.15) is 4.98 Å². The highest BCUT2D eigenvalue weighted by Gasteiger charge is 2.21. The van der Waals surface area contributed by atoms with Crippen molar-refractivity contribution in [2.24, 2.45) is 0 Å². The molecular formula is C19H17BrN4. The highest BCUT2D eigenvalue weighted by molar-refractivity contribution is 9.10. The molecule has 0 amide bonds. The quantitative estimate of drug-likeness (QED) is 0.694. The molecule has 0 bridgehead atoms. The van der Waals surface area contributed by atoms with Gasteiger partial charge in [-0.05, 0) is 54.8 Å². The van der Waals surface area contributed by atoms with Crippen LogP contribution in [-0.4, -0.2) is 16.5 Å². The summed E-state index contributed by atoms with van der Waals surface area (Å²) in [6.07, 6.45) is 2.84. The van der Waals surface area contributed by atoms with Crippen LogP contribution in [0.3, 0.4) is 0 Å². The van der Waals surface area contributed by atoms with Crippen LogP contribution in [0.25, 0.3) is 0 Å². The van der Waals surface area contributed by atoms with E-state index >= 15 is 0 Å². The van der Waals surface area contributed by atoms with Crippen molar-refractivity contribution in [3.63, 3.8) is 0 Å². The van der Waals surface area contributed by atoms with Crippen molar-refractivity contribution in [2.45, 2.75) is 13.3 Å². The van der Waals surface area contributed by atoms with Crippen LogP contribution in [0.15, 0.2) is 59.2 Å². The van der Waals surface area contributed by atoms with E-state index in [0.29, 0.717) is 0 Å². The number of nitrogens with zero attached hydrogens (tertiary/aromatic N) is 3. The lowest BCUT2D eigenvalue weighted by molar-refractivity contribution is 0.941. The molecule has 5 heteroatoms. The van der Waals surface area contributed by atoms with Crippen LogP contribution < -0.4 is 10.2 Å².